The Bertz CT molecular complexity index is 306. The second-order valence-corrected chi connectivity index (χ2v) is 3.13. The maximum atomic E-state index is 10.8. The third-order valence-electron chi connectivity index (χ3n) is 1.97. The fourth-order valence-corrected chi connectivity index (χ4v) is 1.10. The second kappa shape index (κ2) is 4.81. The van der Waals surface area contributed by atoms with Crippen molar-refractivity contribution in [2.24, 2.45) is 0 Å². The van der Waals surface area contributed by atoms with Crippen molar-refractivity contribution in [2.45, 2.75) is 19.9 Å². The summed E-state index contributed by atoms with van der Waals surface area (Å²) in [5, 5.41) is 2.99. The SMILES string of the molecule is COC(=O)CNC(C)c1ccc(C)o1. The maximum Gasteiger partial charge on any atom is 0.319 e. The topological polar surface area (TPSA) is 51.5 Å². The molecule has 0 saturated heterocycles. The Hall–Kier alpha value is -1.29. The summed E-state index contributed by atoms with van der Waals surface area (Å²) in [4.78, 5) is 10.8. The van der Waals surface area contributed by atoms with E-state index in [1.54, 1.807) is 0 Å². The van der Waals surface area contributed by atoms with Crippen LogP contribution in [-0.4, -0.2) is 19.6 Å². The van der Waals surface area contributed by atoms with Crippen molar-refractivity contribution in [1.82, 2.24) is 5.32 Å². The number of methoxy groups -OCH3 is 1. The Labute approximate surface area is 83.2 Å². The number of hydrogen-bond acceptors (Lipinski definition) is 4. The summed E-state index contributed by atoms with van der Waals surface area (Å²) in [5.74, 6) is 1.42. The van der Waals surface area contributed by atoms with Crippen LogP contribution in [0.15, 0.2) is 16.5 Å². The quantitative estimate of drug-likeness (QED) is 0.741. The van der Waals surface area contributed by atoms with E-state index in [9.17, 15) is 4.79 Å². The Kier molecular flexibility index (Phi) is 3.71. The average Bonchev–Trinajstić information content (AvgIpc) is 2.60. The van der Waals surface area contributed by atoms with Gasteiger partial charge in [0.05, 0.1) is 19.7 Å². The molecule has 1 aromatic heterocycles. The third kappa shape index (κ3) is 2.88. The highest BCUT2D eigenvalue weighted by atomic mass is 16.5. The van der Waals surface area contributed by atoms with E-state index in [1.807, 2.05) is 26.0 Å². The van der Waals surface area contributed by atoms with E-state index in [1.165, 1.54) is 7.11 Å². The van der Waals surface area contributed by atoms with Gasteiger partial charge in [-0.25, -0.2) is 0 Å². The minimum Gasteiger partial charge on any atom is -0.468 e. The van der Waals surface area contributed by atoms with E-state index in [0.29, 0.717) is 0 Å². The second-order valence-electron chi connectivity index (χ2n) is 3.13. The van der Waals surface area contributed by atoms with E-state index in [0.717, 1.165) is 11.5 Å². The number of furan rings is 1. The van der Waals surface area contributed by atoms with E-state index >= 15 is 0 Å². The summed E-state index contributed by atoms with van der Waals surface area (Å²) in [6, 6.07) is 3.80. The molecule has 1 N–H and O–H groups in total. The van der Waals surface area contributed by atoms with Crippen LogP contribution >= 0.6 is 0 Å². The van der Waals surface area contributed by atoms with E-state index < -0.39 is 0 Å². The fourth-order valence-electron chi connectivity index (χ4n) is 1.10. The highest BCUT2D eigenvalue weighted by molar-refractivity contribution is 5.71. The minimum atomic E-state index is -0.278. The van der Waals surface area contributed by atoms with Crippen LogP contribution in [0.3, 0.4) is 0 Å². The molecule has 4 nitrogen and oxygen atoms in total. The first-order valence-electron chi connectivity index (χ1n) is 4.50. The van der Waals surface area contributed by atoms with Crippen molar-refractivity contribution >= 4 is 5.97 Å². The molecule has 0 fully saturated rings. The molecule has 0 aliphatic carbocycles. The molecule has 1 heterocycles. The number of aryl methyl sites for hydroxylation is 1. The van der Waals surface area contributed by atoms with Crippen LogP contribution in [0, 0.1) is 6.92 Å². The molecule has 0 amide bonds. The summed E-state index contributed by atoms with van der Waals surface area (Å²) in [6.07, 6.45) is 0. The van der Waals surface area contributed by atoms with Gasteiger partial charge in [0.2, 0.25) is 0 Å². The van der Waals surface area contributed by atoms with E-state index in [2.05, 4.69) is 10.1 Å². The molecular formula is C10H15NO3. The Balaban J connectivity index is 2.42. The van der Waals surface area contributed by atoms with Crippen molar-refractivity contribution in [3.63, 3.8) is 0 Å². The largest absolute Gasteiger partial charge is 0.468 e. The van der Waals surface area contributed by atoms with Gasteiger partial charge in [-0.05, 0) is 26.0 Å². The maximum absolute atomic E-state index is 10.8. The summed E-state index contributed by atoms with van der Waals surface area (Å²) < 4.78 is 9.91. The molecule has 1 unspecified atom stereocenters. The lowest BCUT2D eigenvalue weighted by molar-refractivity contribution is -0.139. The van der Waals surface area contributed by atoms with Gasteiger partial charge < -0.3 is 9.15 Å². The lowest BCUT2D eigenvalue weighted by Crippen LogP contribution is -2.26. The van der Waals surface area contributed by atoms with Gasteiger partial charge in [-0.3, -0.25) is 10.1 Å². The lowest BCUT2D eigenvalue weighted by Gasteiger charge is -2.09. The highest BCUT2D eigenvalue weighted by Gasteiger charge is 2.10. The first-order valence-corrected chi connectivity index (χ1v) is 4.50. The van der Waals surface area contributed by atoms with Crippen LogP contribution in [0.4, 0.5) is 0 Å². The van der Waals surface area contributed by atoms with Gasteiger partial charge in [0.1, 0.15) is 11.5 Å². The molecular weight excluding hydrogens is 182 g/mol. The zero-order valence-corrected chi connectivity index (χ0v) is 8.66. The molecule has 1 aromatic rings. The monoisotopic (exact) mass is 197 g/mol. The molecule has 0 aliphatic rings. The van der Waals surface area contributed by atoms with Crippen LogP contribution in [0.1, 0.15) is 24.5 Å². The average molecular weight is 197 g/mol. The standard InChI is InChI=1S/C10H15NO3/c1-7-4-5-9(14-7)8(2)11-6-10(12)13-3/h4-5,8,11H,6H2,1-3H3. The van der Waals surface area contributed by atoms with E-state index in [4.69, 9.17) is 4.42 Å². The zero-order valence-electron chi connectivity index (χ0n) is 8.66. The molecule has 14 heavy (non-hydrogen) atoms. The molecule has 0 spiro atoms. The van der Waals surface area contributed by atoms with Gasteiger partial charge in [0.15, 0.2) is 0 Å². The summed E-state index contributed by atoms with van der Waals surface area (Å²) in [6.45, 7) is 4.01. The number of carbonyl (C=O) groups excluding carboxylic acids is 1. The van der Waals surface area contributed by atoms with Gasteiger partial charge >= 0.3 is 5.97 Å². The molecule has 0 saturated carbocycles. The predicted molar refractivity (Wildman–Crippen MR) is 51.9 cm³/mol. The molecule has 1 rings (SSSR count). The first-order chi connectivity index (χ1) is 6.63. The Morgan fingerprint density at radius 2 is 2.36 bits per heavy atom. The van der Waals surface area contributed by atoms with E-state index in [-0.39, 0.29) is 18.6 Å². The number of ether oxygens (including phenoxy) is 1. The van der Waals surface area contributed by atoms with Gasteiger partial charge in [-0.15, -0.1) is 0 Å². The van der Waals surface area contributed by atoms with Crippen molar-refractivity contribution in [3.05, 3.63) is 23.7 Å². The first kappa shape index (κ1) is 10.8. The van der Waals surface area contributed by atoms with Gasteiger partial charge in [0.25, 0.3) is 0 Å². The predicted octanol–water partition coefficient (Wildman–Crippen LogP) is 1.41. The zero-order chi connectivity index (χ0) is 10.6. The summed E-state index contributed by atoms with van der Waals surface area (Å²) in [5.41, 5.74) is 0. The molecule has 78 valence electrons. The van der Waals surface area contributed by atoms with Crippen LogP contribution in [0.5, 0.6) is 0 Å². The molecule has 0 aliphatic heterocycles. The molecule has 4 heteroatoms. The molecule has 0 bridgehead atoms. The fraction of sp³-hybridized carbons (Fsp3) is 0.500. The van der Waals surface area contributed by atoms with Crippen LogP contribution in [-0.2, 0) is 9.53 Å². The summed E-state index contributed by atoms with van der Waals surface area (Å²) in [7, 11) is 1.37. The van der Waals surface area contributed by atoms with Gasteiger partial charge in [-0.1, -0.05) is 0 Å². The number of carbonyl (C=O) groups is 1. The van der Waals surface area contributed by atoms with Crippen LogP contribution < -0.4 is 5.32 Å². The van der Waals surface area contributed by atoms with Gasteiger partial charge in [-0.2, -0.15) is 0 Å². The number of esters is 1. The van der Waals surface area contributed by atoms with Crippen molar-refractivity contribution in [3.8, 4) is 0 Å². The third-order valence-corrected chi connectivity index (χ3v) is 1.97. The normalized spacial score (nSPS) is 12.5. The molecule has 0 aromatic carbocycles. The lowest BCUT2D eigenvalue weighted by atomic mass is 10.2. The van der Waals surface area contributed by atoms with Crippen molar-refractivity contribution in [1.29, 1.82) is 0 Å². The number of rotatable bonds is 4. The van der Waals surface area contributed by atoms with Gasteiger partial charge in [0, 0.05) is 0 Å². The number of nitrogens with one attached hydrogen (secondary N) is 1. The smallest absolute Gasteiger partial charge is 0.319 e. The molecule has 1 atom stereocenters. The highest BCUT2D eigenvalue weighted by Crippen LogP contribution is 2.14. The van der Waals surface area contributed by atoms with Crippen molar-refractivity contribution < 1.29 is 13.9 Å². The van der Waals surface area contributed by atoms with Crippen LogP contribution in [0.2, 0.25) is 0 Å². The Morgan fingerprint density at radius 1 is 1.64 bits per heavy atom. The molecule has 0 radical (unpaired) electrons. The van der Waals surface area contributed by atoms with Crippen LogP contribution in [0.25, 0.3) is 0 Å². The minimum absolute atomic E-state index is 0.0165. The summed E-state index contributed by atoms with van der Waals surface area (Å²) >= 11 is 0. The van der Waals surface area contributed by atoms with Crippen molar-refractivity contribution in [2.75, 3.05) is 13.7 Å². The Morgan fingerprint density at radius 3 is 2.86 bits per heavy atom. The number of hydrogen-bond donors (Lipinski definition) is 1.